The van der Waals surface area contributed by atoms with Gasteiger partial charge in [0.1, 0.15) is 5.82 Å². The van der Waals surface area contributed by atoms with E-state index in [1.807, 2.05) is 30.5 Å². The molecule has 1 heterocycles. The fourth-order valence-electron chi connectivity index (χ4n) is 3.89. The number of aromatic nitrogens is 1. The van der Waals surface area contributed by atoms with Crippen molar-refractivity contribution in [2.45, 2.75) is 57.6 Å². The van der Waals surface area contributed by atoms with Crippen LogP contribution in [-0.4, -0.2) is 47.2 Å². The van der Waals surface area contributed by atoms with Crippen LogP contribution >= 0.6 is 15.9 Å². The van der Waals surface area contributed by atoms with Gasteiger partial charge in [-0.2, -0.15) is 4.31 Å². The van der Waals surface area contributed by atoms with Crippen molar-refractivity contribution < 1.29 is 17.6 Å². The van der Waals surface area contributed by atoms with Crippen molar-refractivity contribution in [3.8, 4) is 0 Å². The monoisotopic (exact) mass is 577 g/mol. The molecule has 2 aromatic carbocycles. The predicted octanol–water partition coefficient (Wildman–Crippen LogP) is 5.67. The zero-order valence-electron chi connectivity index (χ0n) is 20.9. The third-order valence-electron chi connectivity index (χ3n) is 5.96. The Hall–Kier alpha value is -2.49. The molecule has 0 radical (unpaired) electrons. The highest BCUT2D eigenvalue weighted by atomic mass is 79.9. The van der Waals surface area contributed by atoms with Crippen molar-refractivity contribution in [1.82, 2.24) is 13.8 Å². The first kappa shape index (κ1) is 28.1. The summed E-state index contributed by atoms with van der Waals surface area (Å²) >= 11 is 3.46. The summed E-state index contributed by atoms with van der Waals surface area (Å²) in [4.78, 5) is 15.2. The molecular weight excluding hydrogens is 545 g/mol. The van der Waals surface area contributed by atoms with Crippen molar-refractivity contribution in [3.63, 3.8) is 0 Å². The minimum Gasteiger partial charge on any atom is -0.345 e. The number of rotatable bonds is 12. The van der Waals surface area contributed by atoms with E-state index >= 15 is 0 Å². The Kier molecular flexibility index (Phi) is 9.87. The molecule has 0 aliphatic heterocycles. The lowest BCUT2D eigenvalue weighted by Crippen LogP contribution is -2.46. The molecule has 0 N–H and O–H groups in total. The molecular formula is C27H33BrFN3O3S. The normalized spacial score (nSPS) is 11.9. The molecule has 6 nitrogen and oxygen atoms in total. The molecule has 3 aromatic rings. The molecule has 0 aliphatic carbocycles. The van der Waals surface area contributed by atoms with Gasteiger partial charge in [0.05, 0.1) is 18.0 Å². The van der Waals surface area contributed by atoms with Crippen molar-refractivity contribution >= 4 is 31.9 Å². The van der Waals surface area contributed by atoms with Crippen LogP contribution in [0.5, 0.6) is 0 Å². The molecule has 0 saturated carbocycles. The third kappa shape index (κ3) is 7.27. The van der Waals surface area contributed by atoms with Gasteiger partial charge in [-0.1, -0.05) is 41.4 Å². The smallest absolute Gasteiger partial charge is 0.243 e. The van der Waals surface area contributed by atoms with Crippen LogP contribution in [0.4, 0.5) is 4.39 Å². The fraction of sp³-hybridized carbons (Fsp3) is 0.370. The Balaban J connectivity index is 1.80. The fourth-order valence-corrected chi connectivity index (χ4v) is 5.74. The van der Waals surface area contributed by atoms with E-state index in [-0.39, 0.29) is 17.3 Å². The summed E-state index contributed by atoms with van der Waals surface area (Å²) in [6, 6.07) is 16.3. The minimum atomic E-state index is -3.97. The first-order chi connectivity index (χ1) is 17.1. The van der Waals surface area contributed by atoms with Crippen LogP contribution in [0, 0.1) is 5.82 Å². The second-order valence-electron chi connectivity index (χ2n) is 9.02. The number of unbranched alkanes of at least 4 members (excludes halogenated alkanes) is 1. The zero-order valence-corrected chi connectivity index (χ0v) is 23.3. The van der Waals surface area contributed by atoms with E-state index < -0.39 is 21.9 Å². The summed E-state index contributed by atoms with van der Waals surface area (Å²) in [5.41, 5.74) is 2.11. The molecule has 194 valence electrons. The van der Waals surface area contributed by atoms with E-state index in [0.29, 0.717) is 19.6 Å². The maximum absolute atomic E-state index is 13.5. The predicted molar refractivity (Wildman–Crippen MR) is 143 cm³/mol. The van der Waals surface area contributed by atoms with Gasteiger partial charge in [0.2, 0.25) is 15.9 Å². The lowest BCUT2D eigenvalue weighted by molar-refractivity contribution is -0.132. The Morgan fingerprint density at radius 3 is 2.33 bits per heavy atom. The molecule has 0 atom stereocenters. The number of sulfonamides is 1. The van der Waals surface area contributed by atoms with Gasteiger partial charge in [-0.3, -0.25) is 4.79 Å². The van der Waals surface area contributed by atoms with Crippen LogP contribution in [-0.2, 0) is 27.9 Å². The Morgan fingerprint density at radius 1 is 1.06 bits per heavy atom. The van der Waals surface area contributed by atoms with E-state index in [2.05, 4.69) is 39.6 Å². The SMILES string of the molecule is CCCCN(Cc1cccn1Cc1ccc(Br)cc1)C(=O)CN(C(C)C)S(=O)(=O)c1ccc(F)cc1. The van der Waals surface area contributed by atoms with E-state index in [9.17, 15) is 17.6 Å². The van der Waals surface area contributed by atoms with Crippen molar-refractivity contribution in [2.24, 2.45) is 0 Å². The van der Waals surface area contributed by atoms with Gasteiger partial charge in [0.25, 0.3) is 0 Å². The Bertz CT molecular complexity index is 1240. The van der Waals surface area contributed by atoms with Crippen molar-refractivity contribution in [1.29, 1.82) is 0 Å². The van der Waals surface area contributed by atoms with Gasteiger partial charge >= 0.3 is 0 Å². The molecule has 0 fully saturated rings. The summed E-state index contributed by atoms with van der Waals surface area (Å²) in [7, 11) is -3.97. The second kappa shape index (κ2) is 12.7. The van der Waals surface area contributed by atoms with Gasteiger partial charge in [0, 0.05) is 35.5 Å². The van der Waals surface area contributed by atoms with E-state index in [4.69, 9.17) is 0 Å². The number of nitrogens with zero attached hydrogens (tertiary/aromatic N) is 3. The van der Waals surface area contributed by atoms with Gasteiger partial charge in [-0.25, -0.2) is 12.8 Å². The topological polar surface area (TPSA) is 62.6 Å². The average molecular weight is 579 g/mol. The summed E-state index contributed by atoms with van der Waals surface area (Å²) in [5.74, 6) is -0.780. The Labute approximate surface area is 221 Å². The summed E-state index contributed by atoms with van der Waals surface area (Å²) in [6.45, 7) is 6.81. The number of carbonyl (C=O) groups is 1. The molecule has 1 aromatic heterocycles. The number of amides is 1. The van der Waals surface area contributed by atoms with Gasteiger partial charge in [-0.05, 0) is 74.4 Å². The molecule has 0 aliphatic rings. The Morgan fingerprint density at radius 2 is 1.72 bits per heavy atom. The number of hydrogen-bond donors (Lipinski definition) is 0. The molecule has 9 heteroatoms. The lowest BCUT2D eigenvalue weighted by Gasteiger charge is -2.29. The number of hydrogen-bond acceptors (Lipinski definition) is 3. The lowest BCUT2D eigenvalue weighted by atomic mass is 10.2. The zero-order chi connectivity index (χ0) is 26.3. The van der Waals surface area contributed by atoms with Gasteiger partial charge in [-0.15, -0.1) is 0 Å². The van der Waals surface area contributed by atoms with E-state index in [1.165, 1.54) is 16.4 Å². The third-order valence-corrected chi connectivity index (χ3v) is 8.53. The maximum Gasteiger partial charge on any atom is 0.243 e. The first-order valence-corrected chi connectivity index (χ1v) is 14.3. The molecule has 0 bridgehead atoms. The van der Waals surface area contributed by atoms with Crippen LogP contribution in [0.25, 0.3) is 0 Å². The molecule has 0 spiro atoms. The van der Waals surface area contributed by atoms with Crippen LogP contribution in [0.3, 0.4) is 0 Å². The molecule has 36 heavy (non-hydrogen) atoms. The maximum atomic E-state index is 13.5. The van der Waals surface area contributed by atoms with Gasteiger partial charge in [0.15, 0.2) is 0 Å². The highest BCUT2D eigenvalue weighted by Gasteiger charge is 2.31. The summed E-state index contributed by atoms with van der Waals surface area (Å²) < 4.78 is 44.2. The van der Waals surface area contributed by atoms with E-state index in [0.717, 1.165) is 40.7 Å². The van der Waals surface area contributed by atoms with Crippen LogP contribution in [0.1, 0.15) is 44.9 Å². The van der Waals surface area contributed by atoms with Gasteiger partial charge < -0.3 is 9.47 Å². The highest BCUT2D eigenvalue weighted by Crippen LogP contribution is 2.20. The summed E-state index contributed by atoms with van der Waals surface area (Å²) in [5, 5.41) is 0. The number of carbonyl (C=O) groups excluding carboxylic acids is 1. The minimum absolute atomic E-state index is 0.0334. The van der Waals surface area contributed by atoms with Crippen LogP contribution in [0.15, 0.2) is 76.2 Å². The van der Waals surface area contributed by atoms with Crippen LogP contribution in [0.2, 0.25) is 0 Å². The van der Waals surface area contributed by atoms with E-state index in [1.54, 1.807) is 18.7 Å². The molecule has 0 unspecified atom stereocenters. The second-order valence-corrected chi connectivity index (χ2v) is 11.8. The largest absolute Gasteiger partial charge is 0.345 e. The molecule has 0 saturated heterocycles. The number of benzene rings is 2. The molecule has 1 amide bonds. The van der Waals surface area contributed by atoms with Crippen LogP contribution < -0.4 is 0 Å². The number of halogens is 2. The standard InChI is InChI=1S/C27H33BrFN3O3S/c1-4-5-16-31(19-25-7-6-17-30(25)18-22-8-10-23(28)11-9-22)27(33)20-32(21(2)3)36(34,35)26-14-12-24(29)13-15-26/h6-15,17,21H,4-5,16,18-20H2,1-3H3. The summed E-state index contributed by atoms with van der Waals surface area (Å²) in [6.07, 6.45) is 3.70. The average Bonchev–Trinajstić information content (AvgIpc) is 3.27. The molecule has 3 rings (SSSR count). The first-order valence-electron chi connectivity index (χ1n) is 12.1. The quantitative estimate of drug-likeness (QED) is 0.279. The van der Waals surface area contributed by atoms with Crippen molar-refractivity contribution in [3.05, 3.63) is 88.4 Å². The highest BCUT2D eigenvalue weighted by molar-refractivity contribution is 9.10. The van der Waals surface area contributed by atoms with Crippen molar-refractivity contribution in [2.75, 3.05) is 13.1 Å².